The van der Waals surface area contributed by atoms with E-state index in [1.807, 2.05) is 0 Å². The molecule has 2 rings (SSSR count). The molecule has 1 heterocycles. The van der Waals surface area contributed by atoms with Crippen molar-refractivity contribution in [3.05, 3.63) is 34.2 Å². The zero-order chi connectivity index (χ0) is 10.3. The smallest absolute Gasteiger partial charge is 0.154 e. The van der Waals surface area contributed by atoms with Gasteiger partial charge >= 0.3 is 0 Å². The van der Waals surface area contributed by atoms with Crippen LogP contribution in [-0.2, 0) is 0 Å². The lowest BCUT2D eigenvalue weighted by Crippen LogP contribution is -1.94. The Labute approximate surface area is 89.4 Å². The van der Waals surface area contributed by atoms with Crippen LogP contribution in [0.25, 0.3) is 10.9 Å². The van der Waals surface area contributed by atoms with E-state index in [1.54, 1.807) is 12.1 Å². The maximum Gasteiger partial charge on any atom is 0.154 e. The fourth-order valence-electron chi connectivity index (χ4n) is 1.20. The summed E-state index contributed by atoms with van der Waals surface area (Å²) in [6.07, 6.45) is 0. The van der Waals surface area contributed by atoms with Crippen molar-refractivity contribution in [1.82, 2.24) is 4.98 Å². The van der Waals surface area contributed by atoms with Crippen molar-refractivity contribution in [1.29, 1.82) is 0 Å². The Bertz CT molecular complexity index is 514. The molecule has 1 aromatic heterocycles. The monoisotopic (exact) mass is 230 g/mol. The van der Waals surface area contributed by atoms with Crippen LogP contribution < -0.4 is 5.73 Å². The molecule has 5 heteroatoms. The number of nitrogen functional groups attached to an aromatic ring is 1. The van der Waals surface area contributed by atoms with Crippen LogP contribution in [0.2, 0.25) is 10.2 Å². The summed E-state index contributed by atoms with van der Waals surface area (Å²) in [6, 6.07) is 4.47. The van der Waals surface area contributed by atoms with Gasteiger partial charge in [-0.1, -0.05) is 35.3 Å². The minimum atomic E-state index is -0.466. The van der Waals surface area contributed by atoms with E-state index < -0.39 is 5.82 Å². The molecule has 0 aliphatic rings. The molecule has 0 saturated heterocycles. The Morgan fingerprint density at radius 1 is 1.29 bits per heavy atom. The first-order valence-electron chi connectivity index (χ1n) is 3.80. The fraction of sp³-hybridized carbons (Fsp3) is 0. The summed E-state index contributed by atoms with van der Waals surface area (Å²) in [6.45, 7) is 0. The summed E-state index contributed by atoms with van der Waals surface area (Å²) in [7, 11) is 0. The molecule has 0 atom stereocenters. The third kappa shape index (κ3) is 1.29. The van der Waals surface area contributed by atoms with E-state index in [9.17, 15) is 4.39 Å². The Hall–Kier alpha value is -1.06. The van der Waals surface area contributed by atoms with E-state index >= 15 is 0 Å². The Balaban J connectivity index is 2.98. The zero-order valence-corrected chi connectivity index (χ0v) is 8.40. The number of fused-ring (bicyclic) bond motifs is 1. The molecule has 2 aromatic rings. The van der Waals surface area contributed by atoms with Crippen molar-refractivity contribution in [3.63, 3.8) is 0 Å². The Kier molecular flexibility index (Phi) is 2.21. The highest BCUT2D eigenvalue weighted by molar-refractivity contribution is 6.41. The van der Waals surface area contributed by atoms with E-state index in [4.69, 9.17) is 28.9 Å². The molecule has 2 nitrogen and oxygen atoms in total. The van der Waals surface area contributed by atoms with Gasteiger partial charge in [-0.15, -0.1) is 0 Å². The SMILES string of the molecule is Nc1c(Cl)nc2c(F)cccc2c1Cl. The molecule has 0 aliphatic carbocycles. The molecule has 72 valence electrons. The summed E-state index contributed by atoms with van der Waals surface area (Å²) in [5.41, 5.74) is 5.86. The Morgan fingerprint density at radius 2 is 2.00 bits per heavy atom. The zero-order valence-electron chi connectivity index (χ0n) is 6.89. The molecule has 14 heavy (non-hydrogen) atoms. The third-order valence-corrected chi connectivity index (χ3v) is 2.59. The first-order valence-corrected chi connectivity index (χ1v) is 4.55. The van der Waals surface area contributed by atoms with Crippen LogP contribution >= 0.6 is 23.2 Å². The van der Waals surface area contributed by atoms with Gasteiger partial charge in [0.05, 0.1) is 10.7 Å². The van der Waals surface area contributed by atoms with Gasteiger partial charge in [-0.2, -0.15) is 0 Å². The van der Waals surface area contributed by atoms with Gasteiger partial charge in [0, 0.05) is 5.39 Å². The molecule has 2 N–H and O–H groups in total. The number of hydrogen-bond acceptors (Lipinski definition) is 2. The predicted octanol–water partition coefficient (Wildman–Crippen LogP) is 3.26. The number of benzene rings is 1. The van der Waals surface area contributed by atoms with Crippen molar-refractivity contribution in [3.8, 4) is 0 Å². The number of aromatic nitrogens is 1. The maximum absolute atomic E-state index is 13.3. The van der Waals surface area contributed by atoms with Gasteiger partial charge in [0.15, 0.2) is 5.15 Å². The van der Waals surface area contributed by atoms with Crippen LogP contribution in [0.15, 0.2) is 18.2 Å². The van der Waals surface area contributed by atoms with Gasteiger partial charge in [0.1, 0.15) is 11.3 Å². The van der Waals surface area contributed by atoms with Gasteiger partial charge in [0.25, 0.3) is 0 Å². The maximum atomic E-state index is 13.3. The summed E-state index contributed by atoms with van der Waals surface area (Å²) >= 11 is 11.6. The molecule has 0 spiro atoms. The molecule has 0 saturated carbocycles. The Morgan fingerprint density at radius 3 is 2.71 bits per heavy atom. The summed E-state index contributed by atoms with van der Waals surface area (Å²) in [5, 5.41) is 0.723. The second-order valence-corrected chi connectivity index (χ2v) is 3.50. The van der Waals surface area contributed by atoms with Crippen molar-refractivity contribution in [2.75, 3.05) is 5.73 Å². The molecule has 0 aliphatic heterocycles. The molecule has 0 amide bonds. The van der Waals surface area contributed by atoms with Crippen molar-refractivity contribution < 1.29 is 4.39 Å². The van der Waals surface area contributed by atoms with E-state index in [2.05, 4.69) is 4.98 Å². The standard InChI is InChI=1S/C9H5Cl2FN2/c10-6-4-2-1-3-5(12)8(4)14-9(11)7(6)13/h1-3H,13H2. The average Bonchev–Trinajstić information content (AvgIpc) is 2.17. The number of halogens is 3. The first kappa shape index (κ1) is 9.49. The molecule has 0 fully saturated rings. The van der Waals surface area contributed by atoms with Crippen LogP contribution in [0.3, 0.4) is 0 Å². The molecular formula is C9H5Cl2FN2. The summed E-state index contributed by atoms with van der Waals surface area (Å²) < 4.78 is 13.3. The van der Waals surface area contributed by atoms with Crippen LogP contribution in [-0.4, -0.2) is 4.98 Å². The van der Waals surface area contributed by atoms with Crippen molar-refractivity contribution in [2.24, 2.45) is 0 Å². The van der Waals surface area contributed by atoms with E-state index in [0.29, 0.717) is 5.39 Å². The molecule has 1 aromatic carbocycles. The second-order valence-electron chi connectivity index (χ2n) is 2.77. The number of para-hydroxylation sites is 1. The fourth-order valence-corrected chi connectivity index (χ4v) is 1.67. The van der Waals surface area contributed by atoms with E-state index in [1.165, 1.54) is 6.07 Å². The number of pyridine rings is 1. The van der Waals surface area contributed by atoms with Gasteiger partial charge in [-0.25, -0.2) is 9.37 Å². The number of anilines is 1. The number of hydrogen-bond donors (Lipinski definition) is 1. The van der Waals surface area contributed by atoms with Crippen LogP contribution in [0, 0.1) is 5.82 Å². The largest absolute Gasteiger partial charge is 0.395 e. The van der Waals surface area contributed by atoms with E-state index in [0.717, 1.165) is 0 Å². The lowest BCUT2D eigenvalue weighted by Gasteiger charge is -2.05. The van der Waals surface area contributed by atoms with Crippen LogP contribution in [0.1, 0.15) is 0 Å². The highest BCUT2D eigenvalue weighted by Crippen LogP contribution is 2.33. The molecule has 0 bridgehead atoms. The average molecular weight is 231 g/mol. The third-order valence-electron chi connectivity index (χ3n) is 1.89. The highest BCUT2D eigenvalue weighted by atomic mass is 35.5. The molecule has 0 radical (unpaired) electrons. The normalized spacial score (nSPS) is 10.8. The molecule has 0 unspecified atom stereocenters. The first-order chi connectivity index (χ1) is 6.61. The highest BCUT2D eigenvalue weighted by Gasteiger charge is 2.11. The lowest BCUT2D eigenvalue weighted by molar-refractivity contribution is 0.637. The van der Waals surface area contributed by atoms with Gasteiger partial charge in [-0.3, -0.25) is 0 Å². The van der Waals surface area contributed by atoms with Gasteiger partial charge < -0.3 is 5.73 Å². The quantitative estimate of drug-likeness (QED) is 0.706. The van der Waals surface area contributed by atoms with Crippen molar-refractivity contribution in [2.45, 2.75) is 0 Å². The number of nitrogens with two attached hydrogens (primary N) is 1. The second kappa shape index (κ2) is 3.26. The van der Waals surface area contributed by atoms with Gasteiger partial charge in [0.2, 0.25) is 0 Å². The minimum Gasteiger partial charge on any atom is -0.395 e. The number of rotatable bonds is 0. The van der Waals surface area contributed by atoms with Crippen LogP contribution in [0.4, 0.5) is 10.1 Å². The molecular weight excluding hydrogens is 226 g/mol. The van der Waals surface area contributed by atoms with E-state index in [-0.39, 0.29) is 21.4 Å². The van der Waals surface area contributed by atoms with Crippen LogP contribution in [0.5, 0.6) is 0 Å². The topological polar surface area (TPSA) is 38.9 Å². The lowest BCUT2D eigenvalue weighted by atomic mass is 10.2. The summed E-state index contributed by atoms with van der Waals surface area (Å²) in [4.78, 5) is 3.82. The minimum absolute atomic E-state index is 0.0209. The van der Waals surface area contributed by atoms with Crippen molar-refractivity contribution >= 4 is 39.8 Å². The number of nitrogens with zero attached hydrogens (tertiary/aromatic N) is 1. The van der Waals surface area contributed by atoms with Gasteiger partial charge in [-0.05, 0) is 6.07 Å². The summed E-state index contributed by atoms with van der Waals surface area (Å²) in [5.74, 6) is -0.466. The predicted molar refractivity (Wildman–Crippen MR) is 56.1 cm³/mol.